The molecule has 1 N–H and O–H groups in total. The average Bonchev–Trinajstić information content (AvgIpc) is 3.12. The molecule has 0 aliphatic carbocycles. The van der Waals surface area contributed by atoms with Gasteiger partial charge in [-0.3, -0.25) is 4.98 Å². The van der Waals surface area contributed by atoms with Crippen LogP contribution in [0.25, 0.3) is 5.69 Å². The molecule has 1 fully saturated rings. The molecule has 0 spiro atoms. The Morgan fingerprint density at radius 3 is 2.52 bits per heavy atom. The zero-order valence-corrected chi connectivity index (χ0v) is 16.3. The third kappa shape index (κ3) is 3.00. The predicted molar refractivity (Wildman–Crippen MR) is 108 cm³/mol. The van der Waals surface area contributed by atoms with E-state index in [1.165, 1.54) is 17.7 Å². The monoisotopic (exact) mass is 380 g/mol. The van der Waals surface area contributed by atoms with Gasteiger partial charge in [0.05, 0.1) is 17.8 Å². The van der Waals surface area contributed by atoms with E-state index in [1.807, 2.05) is 25.2 Å². The van der Waals surface area contributed by atoms with E-state index in [0.717, 1.165) is 22.8 Å². The Morgan fingerprint density at radius 2 is 1.85 bits per heavy atom. The molecular weight excluding hydrogens is 359 g/mol. The highest BCUT2D eigenvalue weighted by molar-refractivity contribution is 7.80. The van der Waals surface area contributed by atoms with E-state index in [4.69, 9.17) is 12.2 Å². The minimum Gasteiger partial charge on any atom is -0.352 e. The molecule has 0 saturated carbocycles. The van der Waals surface area contributed by atoms with Gasteiger partial charge in [-0.05, 0) is 74.1 Å². The maximum atomic E-state index is 13.3. The van der Waals surface area contributed by atoms with Crippen LogP contribution in [0.1, 0.15) is 34.7 Å². The van der Waals surface area contributed by atoms with Gasteiger partial charge in [-0.2, -0.15) is 0 Å². The summed E-state index contributed by atoms with van der Waals surface area (Å²) in [7, 11) is 2.01. The average molecular weight is 380 g/mol. The number of nitrogens with zero attached hydrogens (tertiary/aromatic N) is 3. The van der Waals surface area contributed by atoms with Crippen LogP contribution in [0.15, 0.2) is 54.7 Å². The lowest BCUT2D eigenvalue weighted by atomic mass is 9.97. The second-order valence-corrected chi connectivity index (χ2v) is 7.26. The SMILES string of the molecule is Cc1cc([C@@H]2[C@@H](c3ccccn3)NC(=S)N2C)c(C)n1-c1ccc(F)cc1. The molecule has 0 bridgehead atoms. The van der Waals surface area contributed by atoms with Gasteiger partial charge < -0.3 is 14.8 Å². The van der Waals surface area contributed by atoms with Crippen LogP contribution in [0.2, 0.25) is 0 Å². The summed E-state index contributed by atoms with van der Waals surface area (Å²) in [6.45, 7) is 4.16. The third-order valence-electron chi connectivity index (χ3n) is 5.21. The molecule has 3 aromatic rings. The van der Waals surface area contributed by atoms with Crippen molar-refractivity contribution in [3.8, 4) is 5.69 Å². The number of hydrogen-bond acceptors (Lipinski definition) is 2. The number of aryl methyl sites for hydroxylation is 1. The predicted octanol–water partition coefficient (Wildman–Crippen LogP) is 4.23. The van der Waals surface area contributed by atoms with Gasteiger partial charge in [-0.25, -0.2) is 4.39 Å². The van der Waals surface area contributed by atoms with Crippen LogP contribution in [0.5, 0.6) is 0 Å². The van der Waals surface area contributed by atoms with Gasteiger partial charge in [-0.1, -0.05) is 6.07 Å². The molecule has 138 valence electrons. The molecule has 1 aliphatic heterocycles. The molecular formula is C21H21FN4S. The topological polar surface area (TPSA) is 33.1 Å². The second kappa shape index (κ2) is 6.78. The molecule has 6 heteroatoms. The van der Waals surface area contributed by atoms with Gasteiger partial charge in [0.1, 0.15) is 5.82 Å². The summed E-state index contributed by atoms with van der Waals surface area (Å²) < 4.78 is 15.5. The van der Waals surface area contributed by atoms with E-state index in [-0.39, 0.29) is 17.9 Å². The molecule has 2 atom stereocenters. The van der Waals surface area contributed by atoms with Crippen LogP contribution in [0.3, 0.4) is 0 Å². The van der Waals surface area contributed by atoms with Gasteiger partial charge in [0.15, 0.2) is 5.11 Å². The minimum absolute atomic E-state index is 0.0223. The van der Waals surface area contributed by atoms with Gasteiger partial charge in [-0.15, -0.1) is 0 Å². The molecule has 2 aromatic heterocycles. The second-order valence-electron chi connectivity index (χ2n) is 6.88. The van der Waals surface area contributed by atoms with Crippen LogP contribution in [0.4, 0.5) is 4.39 Å². The van der Waals surface area contributed by atoms with Crippen molar-refractivity contribution in [3.05, 3.63) is 83.2 Å². The zero-order valence-electron chi connectivity index (χ0n) is 15.5. The number of hydrogen-bond donors (Lipinski definition) is 1. The highest BCUT2D eigenvalue weighted by atomic mass is 32.1. The van der Waals surface area contributed by atoms with Crippen LogP contribution in [-0.2, 0) is 0 Å². The Hall–Kier alpha value is -2.73. The van der Waals surface area contributed by atoms with Crippen molar-refractivity contribution < 1.29 is 4.39 Å². The Balaban J connectivity index is 1.81. The number of rotatable bonds is 3. The fourth-order valence-corrected chi connectivity index (χ4v) is 4.16. The molecule has 4 nitrogen and oxygen atoms in total. The molecule has 1 aromatic carbocycles. The first-order chi connectivity index (χ1) is 13.0. The molecule has 4 rings (SSSR count). The van der Waals surface area contributed by atoms with Crippen molar-refractivity contribution in [3.63, 3.8) is 0 Å². The number of halogens is 1. The Labute approximate surface area is 163 Å². The minimum atomic E-state index is -0.235. The van der Waals surface area contributed by atoms with E-state index in [1.54, 1.807) is 18.3 Å². The highest BCUT2D eigenvalue weighted by Crippen LogP contribution is 2.40. The van der Waals surface area contributed by atoms with Crippen LogP contribution in [-0.4, -0.2) is 26.6 Å². The summed E-state index contributed by atoms with van der Waals surface area (Å²) in [5.41, 5.74) is 5.30. The highest BCUT2D eigenvalue weighted by Gasteiger charge is 2.39. The van der Waals surface area contributed by atoms with Gasteiger partial charge >= 0.3 is 0 Å². The van der Waals surface area contributed by atoms with Gasteiger partial charge in [0, 0.05) is 30.3 Å². The lowest BCUT2D eigenvalue weighted by Crippen LogP contribution is -2.25. The number of aromatic nitrogens is 2. The number of benzene rings is 1. The van der Waals surface area contributed by atoms with E-state index in [0.29, 0.717) is 5.11 Å². The van der Waals surface area contributed by atoms with Crippen LogP contribution in [0, 0.1) is 19.7 Å². The summed E-state index contributed by atoms with van der Waals surface area (Å²) in [6, 6.07) is 14.7. The molecule has 0 radical (unpaired) electrons. The number of likely N-dealkylation sites (N-methyl/N-ethyl adjacent to an activating group) is 1. The number of pyridine rings is 1. The standard InChI is InChI=1S/C21H21FN4S/c1-13-12-17(14(2)26(13)16-9-7-15(22)8-10-16)20-19(24-21(27)25(20)3)18-6-4-5-11-23-18/h4-12,19-20H,1-3H3,(H,24,27)/t19-,20-/m1/s1. The van der Waals surface area contributed by atoms with E-state index < -0.39 is 0 Å². The fourth-order valence-electron chi connectivity index (χ4n) is 3.92. The summed E-state index contributed by atoms with van der Waals surface area (Å²) in [5, 5.41) is 4.12. The third-order valence-corrected chi connectivity index (χ3v) is 5.62. The van der Waals surface area contributed by atoms with Crippen LogP contribution < -0.4 is 5.32 Å². The molecule has 3 heterocycles. The molecule has 1 aliphatic rings. The van der Waals surface area contributed by atoms with Crippen molar-refractivity contribution >= 4 is 17.3 Å². The van der Waals surface area contributed by atoms with Crippen molar-refractivity contribution in [1.82, 2.24) is 19.8 Å². The number of thiocarbonyl (C=S) groups is 1. The van der Waals surface area contributed by atoms with Crippen molar-refractivity contribution in [2.24, 2.45) is 0 Å². The Bertz CT molecular complexity index is 981. The molecule has 0 amide bonds. The normalized spacial score (nSPS) is 19.4. The lowest BCUT2D eigenvalue weighted by molar-refractivity contribution is 0.367. The first-order valence-electron chi connectivity index (χ1n) is 8.86. The summed E-state index contributed by atoms with van der Waals surface area (Å²) in [5.74, 6) is -0.235. The van der Waals surface area contributed by atoms with E-state index in [9.17, 15) is 4.39 Å². The van der Waals surface area contributed by atoms with E-state index >= 15 is 0 Å². The molecule has 0 unspecified atom stereocenters. The maximum Gasteiger partial charge on any atom is 0.169 e. The van der Waals surface area contributed by atoms with Gasteiger partial charge in [0.25, 0.3) is 0 Å². The largest absolute Gasteiger partial charge is 0.352 e. The Morgan fingerprint density at radius 1 is 1.11 bits per heavy atom. The summed E-state index contributed by atoms with van der Waals surface area (Å²) >= 11 is 5.53. The maximum absolute atomic E-state index is 13.3. The first kappa shape index (κ1) is 17.7. The van der Waals surface area contributed by atoms with Crippen molar-refractivity contribution in [2.75, 3.05) is 7.05 Å². The number of nitrogens with one attached hydrogen (secondary N) is 1. The van der Waals surface area contributed by atoms with Gasteiger partial charge in [0.2, 0.25) is 0 Å². The smallest absolute Gasteiger partial charge is 0.169 e. The summed E-state index contributed by atoms with van der Waals surface area (Å²) in [6.07, 6.45) is 1.80. The lowest BCUT2D eigenvalue weighted by Gasteiger charge is -2.24. The van der Waals surface area contributed by atoms with Crippen LogP contribution >= 0.6 is 12.2 Å². The van der Waals surface area contributed by atoms with Crippen molar-refractivity contribution in [1.29, 1.82) is 0 Å². The van der Waals surface area contributed by atoms with Crippen molar-refractivity contribution in [2.45, 2.75) is 25.9 Å². The zero-order chi connectivity index (χ0) is 19.1. The summed E-state index contributed by atoms with van der Waals surface area (Å²) in [4.78, 5) is 6.62. The quantitative estimate of drug-likeness (QED) is 0.690. The Kier molecular flexibility index (Phi) is 4.44. The fraction of sp³-hybridized carbons (Fsp3) is 0.238. The van der Waals surface area contributed by atoms with E-state index in [2.05, 4.69) is 39.7 Å². The molecule has 27 heavy (non-hydrogen) atoms. The first-order valence-corrected chi connectivity index (χ1v) is 9.27. The molecule has 1 saturated heterocycles.